The highest BCUT2D eigenvalue weighted by atomic mass is 32.2. The molecule has 1 aliphatic carbocycles. The van der Waals surface area contributed by atoms with Crippen LogP contribution in [0.15, 0.2) is 41.3 Å². The molecule has 3 aliphatic rings. The van der Waals surface area contributed by atoms with Crippen molar-refractivity contribution in [2.45, 2.75) is 23.8 Å². The zero-order valence-corrected chi connectivity index (χ0v) is 15.2. The van der Waals surface area contributed by atoms with Crippen molar-refractivity contribution in [3.8, 4) is 5.75 Å². The van der Waals surface area contributed by atoms with E-state index in [4.69, 9.17) is 4.74 Å². The fourth-order valence-corrected chi connectivity index (χ4v) is 5.42. The van der Waals surface area contributed by atoms with Gasteiger partial charge in [-0.25, -0.2) is 8.42 Å². The van der Waals surface area contributed by atoms with E-state index >= 15 is 0 Å². The van der Waals surface area contributed by atoms with E-state index in [0.717, 1.165) is 0 Å². The summed E-state index contributed by atoms with van der Waals surface area (Å²) in [4.78, 5) is 26.6. The Morgan fingerprint density at radius 2 is 1.65 bits per heavy atom. The lowest BCUT2D eigenvalue weighted by molar-refractivity contribution is -0.145. The summed E-state index contributed by atoms with van der Waals surface area (Å²) in [5, 5.41) is 0. The second kappa shape index (κ2) is 6.21. The molecule has 2 heterocycles. The topological polar surface area (TPSA) is 84.0 Å². The van der Waals surface area contributed by atoms with Gasteiger partial charge >= 0.3 is 0 Å². The lowest BCUT2D eigenvalue weighted by atomic mass is 9.85. The number of sulfonamides is 1. The maximum Gasteiger partial charge on any atom is 0.243 e. The summed E-state index contributed by atoms with van der Waals surface area (Å²) < 4.78 is 31.8. The Hall–Kier alpha value is -2.19. The SMILES string of the molecule is COc1cccc(S(=O)(=O)N2CC(N3C(=O)C4CC=CCC4C3=O)C2)c1. The molecule has 1 aromatic rings. The summed E-state index contributed by atoms with van der Waals surface area (Å²) in [7, 11) is -2.19. The van der Waals surface area contributed by atoms with Crippen molar-refractivity contribution < 1.29 is 22.7 Å². The van der Waals surface area contributed by atoms with Crippen molar-refractivity contribution in [3.05, 3.63) is 36.4 Å². The van der Waals surface area contributed by atoms with Crippen LogP contribution >= 0.6 is 0 Å². The van der Waals surface area contributed by atoms with Gasteiger partial charge in [-0.3, -0.25) is 14.5 Å². The second-order valence-corrected chi connectivity index (χ2v) is 8.80. The molecule has 7 nitrogen and oxygen atoms in total. The number of hydrogen-bond donors (Lipinski definition) is 0. The summed E-state index contributed by atoms with van der Waals surface area (Å²) in [5.41, 5.74) is 0. The van der Waals surface area contributed by atoms with Gasteiger partial charge in [0.2, 0.25) is 21.8 Å². The van der Waals surface area contributed by atoms with Gasteiger partial charge in [-0.15, -0.1) is 0 Å². The van der Waals surface area contributed by atoms with E-state index < -0.39 is 10.0 Å². The number of imide groups is 1. The number of amides is 2. The quantitative estimate of drug-likeness (QED) is 0.579. The molecule has 2 atom stereocenters. The average Bonchev–Trinajstić information content (AvgIpc) is 2.86. The lowest BCUT2D eigenvalue weighted by Crippen LogP contribution is -2.62. The molecule has 0 radical (unpaired) electrons. The molecule has 1 aromatic carbocycles. The molecule has 0 spiro atoms. The van der Waals surface area contributed by atoms with Crippen LogP contribution in [0.1, 0.15) is 12.8 Å². The van der Waals surface area contributed by atoms with Crippen LogP contribution in [0.25, 0.3) is 0 Å². The van der Waals surface area contributed by atoms with Crippen molar-refractivity contribution in [2.75, 3.05) is 20.2 Å². The first-order valence-corrected chi connectivity index (χ1v) is 10.0. The van der Waals surface area contributed by atoms with Gasteiger partial charge in [0.15, 0.2) is 0 Å². The number of methoxy groups -OCH3 is 1. The fraction of sp³-hybridized carbons (Fsp3) is 0.444. The van der Waals surface area contributed by atoms with Crippen molar-refractivity contribution in [3.63, 3.8) is 0 Å². The minimum Gasteiger partial charge on any atom is -0.497 e. The summed E-state index contributed by atoms with van der Waals surface area (Å²) >= 11 is 0. The summed E-state index contributed by atoms with van der Waals surface area (Å²) in [6.07, 6.45) is 5.06. The molecule has 0 aromatic heterocycles. The number of carbonyl (C=O) groups excluding carboxylic acids is 2. The van der Waals surface area contributed by atoms with Crippen molar-refractivity contribution >= 4 is 21.8 Å². The van der Waals surface area contributed by atoms with Crippen LogP contribution in [0.5, 0.6) is 5.75 Å². The Kier molecular flexibility index (Phi) is 4.11. The monoisotopic (exact) mass is 376 g/mol. The summed E-state index contributed by atoms with van der Waals surface area (Å²) in [6.45, 7) is 0.285. The molecule has 8 heteroatoms. The van der Waals surface area contributed by atoms with Gasteiger partial charge in [-0.05, 0) is 25.0 Å². The zero-order valence-electron chi connectivity index (χ0n) is 14.4. The average molecular weight is 376 g/mol. The van der Waals surface area contributed by atoms with Gasteiger partial charge < -0.3 is 4.74 Å². The molecule has 26 heavy (non-hydrogen) atoms. The van der Waals surface area contributed by atoms with Crippen LogP contribution in [0.2, 0.25) is 0 Å². The number of ether oxygens (including phenoxy) is 1. The Bertz CT molecular complexity index is 863. The molecule has 0 N–H and O–H groups in total. The van der Waals surface area contributed by atoms with Crippen LogP contribution < -0.4 is 4.74 Å². The third-order valence-corrected chi connectivity index (χ3v) is 7.24. The Morgan fingerprint density at radius 1 is 1.04 bits per heavy atom. The summed E-state index contributed by atoms with van der Waals surface area (Å²) in [6, 6.07) is 5.90. The number of benzene rings is 1. The zero-order chi connectivity index (χ0) is 18.5. The molecular weight excluding hydrogens is 356 g/mol. The predicted molar refractivity (Wildman–Crippen MR) is 92.7 cm³/mol. The number of nitrogens with zero attached hydrogens (tertiary/aromatic N) is 2. The third kappa shape index (κ3) is 2.55. The molecule has 0 bridgehead atoms. The van der Waals surface area contributed by atoms with E-state index in [2.05, 4.69) is 0 Å². The van der Waals surface area contributed by atoms with Crippen molar-refractivity contribution in [1.82, 2.24) is 9.21 Å². The molecular formula is C18H20N2O5S. The van der Waals surface area contributed by atoms with E-state index in [1.165, 1.54) is 28.4 Å². The first-order chi connectivity index (χ1) is 12.4. The van der Waals surface area contributed by atoms with Crippen LogP contribution in [0.4, 0.5) is 0 Å². The van der Waals surface area contributed by atoms with Gasteiger partial charge in [-0.1, -0.05) is 18.2 Å². The number of fused-ring (bicyclic) bond motifs is 1. The van der Waals surface area contributed by atoms with Crippen LogP contribution in [0.3, 0.4) is 0 Å². The number of allylic oxidation sites excluding steroid dienone is 2. The summed E-state index contributed by atoms with van der Waals surface area (Å²) in [5.74, 6) is -0.418. The van der Waals surface area contributed by atoms with E-state index in [0.29, 0.717) is 18.6 Å². The number of carbonyl (C=O) groups is 2. The van der Waals surface area contributed by atoms with Gasteiger partial charge in [0.25, 0.3) is 0 Å². The third-order valence-electron chi connectivity index (χ3n) is 5.41. The van der Waals surface area contributed by atoms with Crippen LogP contribution in [-0.4, -0.2) is 55.7 Å². The number of rotatable bonds is 4. The van der Waals surface area contributed by atoms with Gasteiger partial charge in [-0.2, -0.15) is 4.31 Å². The Morgan fingerprint density at radius 3 is 2.23 bits per heavy atom. The second-order valence-electron chi connectivity index (χ2n) is 6.86. The smallest absolute Gasteiger partial charge is 0.243 e. The van der Waals surface area contributed by atoms with E-state index in [1.54, 1.807) is 12.1 Å². The minimum atomic E-state index is -3.67. The van der Waals surface area contributed by atoms with E-state index in [1.807, 2.05) is 12.2 Å². The maximum absolute atomic E-state index is 12.7. The first kappa shape index (κ1) is 17.2. The largest absolute Gasteiger partial charge is 0.497 e. The number of likely N-dealkylation sites (tertiary alicyclic amines) is 1. The Balaban J connectivity index is 1.48. The van der Waals surface area contributed by atoms with Crippen LogP contribution in [0, 0.1) is 11.8 Å². The highest BCUT2D eigenvalue weighted by molar-refractivity contribution is 7.89. The normalized spacial score (nSPS) is 26.7. The molecule has 2 amide bonds. The minimum absolute atomic E-state index is 0.143. The molecule has 4 rings (SSSR count). The molecule has 2 saturated heterocycles. The Labute approximate surface area is 152 Å². The molecule has 2 unspecified atom stereocenters. The molecule has 138 valence electrons. The van der Waals surface area contributed by atoms with Gasteiger partial charge in [0, 0.05) is 19.2 Å². The highest BCUT2D eigenvalue weighted by Crippen LogP contribution is 2.38. The highest BCUT2D eigenvalue weighted by Gasteiger charge is 2.53. The predicted octanol–water partition coefficient (Wildman–Crippen LogP) is 1.02. The molecule has 2 fully saturated rings. The van der Waals surface area contributed by atoms with Crippen LogP contribution in [-0.2, 0) is 19.6 Å². The maximum atomic E-state index is 12.7. The van der Waals surface area contributed by atoms with E-state index in [-0.39, 0.29) is 47.7 Å². The first-order valence-electron chi connectivity index (χ1n) is 8.59. The van der Waals surface area contributed by atoms with Gasteiger partial charge in [0.05, 0.1) is 29.9 Å². The lowest BCUT2D eigenvalue weighted by Gasteiger charge is -2.42. The molecule has 2 aliphatic heterocycles. The van der Waals surface area contributed by atoms with Gasteiger partial charge in [0.1, 0.15) is 5.75 Å². The van der Waals surface area contributed by atoms with Crippen molar-refractivity contribution in [1.29, 1.82) is 0 Å². The van der Waals surface area contributed by atoms with E-state index in [9.17, 15) is 18.0 Å². The van der Waals surface area contributed by atoms with Crippen molar-refractivity contribution in [2.24, 2.45) is 11.8 Å². The fourth-order valence-electron chi connectivity index (χ4n) is 3.87. The number of hydrogen-bond acceptors (Lipinski definition) is 5. The standard InChI is InChI=1S/C18H20N2O5S/c1-25-13-5-4-6-14(9-13)26(23,24)19-10-12(11-19)20-17(21)15-7-2-3-8-16(15)18(20)22/h2-6,9,12,15-16H,7-8,10-11H2,1H3. The molecule has 0 saturated carbocycles.